The van der Waals surface area contributed by atoms with Gasteiger partial charge in [0.05, 0.1) is 7.11 Å². The van der Waals surface area contributed by atoms with Crippen LogP contribution in [0.4, 0.5) is 0 Å². The summed E-state index contributed by atoms with van der Waals surface area (Å²) < 4.78 is 14.6. The zero-order valence-corrected chi connectivity index (χ0v) is 12.4. The van der Waals surface area contributed by atoms with E-state index in [-0.39, 0.29) is 0 Å². The Bertz CT molecular complexity index is 214. The van der Waals surface area contributed by atoms with Gasteiger partial charge in [-0.3, -0.25) is 0 Å². The average Bonchev–Trinajstić information content (AvgIpc) is 2.43. The topological polar surface area (TPSA) is 27.7 Å². The highest BCUT2D eigenvalue weighted by molar-refractivity contribution is 5.20. The van der Waals surface area contributed by atoms with Crippen molar-refractivity contribution in [2.75, 3.05) is 33.5 Å². The summed E-state index contributed by atoms with van der Waals surface area (Å²) in [6.07, 6.45) is 0. The predicted octanol–water partition coefficient (Wildman–Crippen LogP) is 3.78. The highest BCUT2D eigenvalue weighted by Gasteiger charge is 1.80. The van der Waals surface area contributed by atoms with Gasteiger partial charge in [0.2, 0.25) is 0 Å². The van der Waals surface area contributed by atoms with Crippen LogP contribution in [0.5, 0.6) is 5.75 Å². The Kier molecular flexibility index (Phi) is 19.6. The lowest BCUT2D eigenvalue weighted by Crippen LogP contribution is -1.84. The molecule has 0 spiro atoms. The second-order valence-electron chi connectivity index (χ2n) is 3.08. The monoisotopic (exact) mass is 256 g/mol. The molecular weight excluding hydrogens is 228 g/mol. The maximum Gasteiger partial charge on any atom is 0.118 e. The summed E-state index contributed by atoms with van der Waals surface area (Å²) in [5.41, 5.74) is 0. The van der Waals surface area contributed by atoms with Gasteiger partial charge >= 0.3 is 0 Å². The van der Waals surface area contributed by atoms with Gasteiger partial charge in [-0.15, -0.1) is 0 Å². The van der Waals surface area contributed by atoms with Crippen molar-refractivity contribution in [3.8, 4) is 5.75 Å². The van der Waals surface area contributed by atoms with E-state index in [0.29, 0.717) is 0 Å². The van der Waals surface area contributed by atoms with Crippen molar-refractivity contribution < 1.29 is 14.2 Å². The summed E-state index contributed by atoms with van der Waals surface area (Å²) in [7, 11) is 1.66. The molecule has 1 rings (SSSR count). The number of benzene rings is 1. The molecule has 0 heterocycles. The largest absolute Gasteiger partial charge is 0.497 e. The Morgan fingerprint density at radius 2 is 1.11 bits per heavy atom. The van der Waals surface area contributed by atoms with E-state index in [4.69, 9.17) is 14.2 Å². The van der Waals surface area contributed by atoms with Crippen molar-refractivity contribution in [1.82, 2.24) is 0 Å². The van der Waals surface area contributed by atoms with Crippen LogP contribution in [0.25, 0.3) is 0 Å². The Hall–Kier alpha value is -1.06. The summed E-state index contributed by atoms with van der Waals surface area (Å²) >= 11 is 0. The van der Waals surface area contributed by atoms with Crippen LogP contribution in [0, 0.1) is 0 Å². The summed E-state index contributed by atoms with van der Waals surface area (Å²) in [4.78, 5) is 0. The van der Waals surface area contributed by atoms with E-state index in [0.717, 1.165) is 32.2 Å². The Morgan fingerprint density at radius 3 is 1.28 bits per heavy atom. The molecular formula is C15H28O3. The minimum absolute atomic E-state index is 0.844. The van der Waals surface area contributed by atoms with Crippen molar-refractivity contribution in [2.24, 2.45) is 0 Å². The van der Waals surface area contributed by atoms with Gasteiger partial charge < -0.3 is 14.2 Å². The van der Waals surface area contributed by atoms with E-state index in [1.807, 2.05) is 58.0 Å². The van der Waals surface area contributed by atoms with Crippen LogP contribution in [-0.2, 0) is 9.47 Å². The summed E-state index contributed by atoms with van der Waals surface area (Å²) in [6.45, 7) is 11.3. The van der Waals surface area contributed by atoms with Crippen LogP contribution in [0.2, 0.25) is 0 Å². The van der Waals surface area contributed by atoms with Gasteiger partial charge in [0.1, 0.15) is 5.75 Å². The molecule has 3 heteroatoms. The fourth-order valence-corrected chi connectivity index (χ4v) is 0.965. The van der Waals surface area contributed by atoms with Gasteiger partial charge in [0.15, 0.2) is 0 Å². The zero-order valence-electron chi connectivity index (χ0n) is 12.4. The van der Waals surface area contributed by atoms with Gasteiger partial charge in [-0.05, 0) is 39.8 Å². The van der Waals surface area contributed by atoms with Gasteiger partial charge in [-0.2, -0.15) is 0 Å². The third-order valence-corrected chi connectivity index (χ3v) is 1.80. The number of hydrogen-bond donors (Lipinski definition) is 0. The highest BCUT2D eigenvalue weighted by atomic mass is 16.5. The van der Waals surface area contributed by atoms with Gasteiger partial charge in [-0.1, -0.05) is 18.2 Å². The van der Waals surface area contributed by atoms with Crippen LogP contribution in [0.15, 0.2) is 30.3 Å². The first-order valence-corrected chi connectivity index (χ1v) is 6.51. The summed E-state index contributed by atoms with van der Waals surface area (Å²) in [5, 5.41) is 0. The normalized spacial score (nSPS) is 8.50. The molecule has 0 fully saturated rings. The number of rotatable bonds is 5. The smallest absolute Gasteiger partial charge is 0.118 e. The molecule has 106 valence electrons. The molecule has 0 saturated carbocycles. The minimum atomic E-state index is 0.844. The Balaban J connectivity index is 0. The fourth-order valence-electron chi connectivity index (χ4n) is 0.965. The SMILES string of the molecule is CCOCC.CCOCC.COc1ccccc1. The van der Waals surface area contributed by atoms with Crippen molar-refractivity contribution in [1.29, 1.82) is 0 Å². The Morgan fingerprint density at radius 1 is 0.722 bits per heavy atom. The molecule has 0 amide bonds. The first kappa shape index (κ1) is 19.3. The van der Waals surface area contributed by atoms with Crippen molar-refractivity contribution in [3.05, 3.63) is 30.3 Å². The fraction of sp³-hybridized carbons (Fsp3) is 0.600. The number of hydrogen-bond acceptors (Lipinski definition) is 3. The first-order valence-electron chi connectivity index (χ1n) is 6.51. The van der Waals surface area contributed by atoms with Crippen LogP contribution in [-0.4, -0.2) is 33.5 Å². The van der Waals surface area contributed by atoms with Crippen LogP contribution in [0.3, 0.4) is 0 Å². The second kappa shape index (κ2) is 18.3. The molecule has 1 aromatic carbocycles. The molecule has 0 aromatic heterocycles. The van der Waals surface area contributed by atoms with Gasteiger partial charge in [0, 0.05) is 26.4 Å². The molecule has 0 radical (unpaired) electrons. The van der Waals surface area contributed by atoms with Gasteiger partial charge in [-0.25, -0.2) is 0 Å². The zero-order chi connectivity index (χ0) is 14.1. The molecule has 0 N–H and O–H groups in total. The van der Waals surface area contributed by atoms with E-state index >= 15 is 0 Å². The lowest BCUT2D eigenvalue weighted by molar-refractivity contribution is 0.162. The van der Waals surface area contributed by atoms with Crippen LogP contribution >= 0.6 is 0 Å². The predicted molar refractivity (Wildman–Crippen MR) is 77.3 cm³/mol. The van der Waals surface area contributed by atoms with Crippen molar-refractivity contribution in [2.45, 2.75) is 27.7 Å². The quantitative estimate of drug-likeness (QED) is 0.802. The standard InChI is InChI=1S/C7H8O.2C4H10O/c1-8-7-5-3-2-4-6-7;2*1-3-5-4-2/h2-6H,1H3;2*3-4H2,1-2H3. The third kappa shape index (κ3) is 17.3. The molecule has 0 aliphatic heterocycles. The van der Waals surface area contributed by atoms with E-state index < -0.39 is 0 Å². The molecule has 3 nitrogen and oxygen atoms in total. The molecule has 1 aromatic rings. The average molecular weight is 256 g/mol. The van der Waals surface area contributed by atoms with Gasteiger partial charge in [0.25, 0.3) is 0 Å². The van der Waals surface area contributed by atoms with Crippen LogP contribution < -0.4 is 4.74 Å². The number of ether oxygens (including phenoxy) is 3. The molecule has 18 heavy (non-hydrogen) atoms. The molecule has 0 atom stereocenters. The lowest BCUT2D eigenvalue weighted by Gasteiger charge is -1.93. The lowest BCUT2D eigenvalue weighted by atomic mass is 10.3. The van der Waals surface area contributed by atoms with Crippen LogP contribution in [0.1, 0.15) is 27.7 Å². The molecule has 0 saturated heterocycles. The van der Waals surface area contributed by atoms with Crippen molar-refractivity contribution >= 4 is 0 Å². The van der Waals surface area contributed by atoms with E-state index in [9.17, 15) is 0 Å². The minimum Gasteiger partial charge on any atom is -0.497 e. The summed E-state index contributed by atoms with van der Waals surface area (Å²) in [6, 6.07) is 9.68. The maximum absolute atomic E-state index is 4.91. The molecule has 0 unspecified atom stereocenters. The van der Waals surface area contributed by atoms with Crippen molar-refractivity contribution in [3.63, 3.8) is 0 Å². The van der Waals surface area contributed by atoms with E-state index in [1.165, 1.54) is 0 Å². The van der Waals surface area contributed by atoms with E-state index in [2.05, 4.69) is 0 Å². The first-order chi connectivity index (χ1) is 8.76. The molecule has 0 aliphatic carbocycles. The second-order valence-corrected chi connectivity index (χ2v) is 3.08. The van der Waals surface area contributed by atoms with E-state index in [1.54, 1.807) is 7.11 Å². The molecule has 0 bridgehead atoms. The number of methoxy groups -OCH3 is 1. The number of para-hydroxylation sites is 1. The highest BCUT2D eigenvalue weighted by Crippen LogP contribution is 2.05. The third-order valence-electron chi connectivity index (χ3n) is 1.80. The molecule has 0 aliphatic rings. The summed E-state index contributed by atoms with van der Waals surface area (Å²) in [5.74, 6) is 0.910. The Labute approximate surface area is 112 Å². The maximum atomic E-state index is 4.91.